The number of esters is 2. The van der Waals surface area contributed by atoms with Crippen LogP contribution in [0.2, 0.25) is 0 Å². The van der Waals surface area contributed by atoms with Crippen LogP contribution in [-0.2, 0) is 28.6 Å². The van der Waals surface area contributed by atoms with Gasteiger partial charge < -0.3 is 28.6 Å². The number of aliphatic carboxylic acids is 1. The first kappa shape index (κ1) is 64.8. The molecule has 0 aromatic carbocycles. The summed E-state index contributed by atoms with van der Waals surface area (Å²) in [5.41, 5.74) is 0. The molecule has 0 saturated heterocycles. The van der Waals surface area contributed by atoms with E-state index in [1.54, 1.807) is 0 Å². The molecule has 0 amide bonds. The Hall–Kier alpha value is -2.19. The zero-order valence-corrected chi connectivity index (χ0v) is 45.1. The van der Waals surface area contributed by atoms with E-state index in [-0.39, 0.29) is 42.7 Å². The predicted octanol–water partition coefficient (Wildman–Crippen LogP) is 15.8. The van der Waals surface area contributed by atoms with Crippen LogP contribution in [0.4, 0.5) is 0 Å². The smallest absolute Gasteiger partial charge is 0.306 e. The summed E-state index contributed by atoms with van der Waals surface area (Å²) < 4.78 is 17.3. The van der Waals surface area contributed by atoms with Gasteiger partial charge in [-0.3, -0.25) is 9.59 Å². The maximum Gasteiger partial charge on any atom is 0.306 e. The molecule has 0 aromatic heterocycles. The highest BCUT2D eigenvalue weighted by Crippen LogP contribution is 2.16. The van der Waals surface area contributed by atoms with Crippen molar-refractivity contribution in [2.75, 3.05) is 41.0 Å². The van der Waals surface area contributed by atoms with Crippen molar-refractivity contribution in [1.82, 2.24) is 0 Å². The summed E-state index contributed by atoms with van der Waals surface area (Å²) in [5.74, 6) is -1.73. The number of carboxylic acid groups (broad SMARTS) is 1. The van der Waals surface area contributed by atoms with Crippen LogP contribution in [-0.4, -0.2) is 75.5 Å². The number of quaternary nitrogens is 1. The number of carbonyl (C=O) groups excluding carboxylic acids is 3. The molecule has 2 unspecified atom stereocenters. The molecule has 0 bridgehead atoms. The molecule has 0 N–H and O–H groups in total. The number of likely N-dealkylation sites (N-methyl/N-ethyl adjacent to an activating group) is 1. The number of carboxylic acids is 1. The van der Waals surface area contributed by atoms with E-state index < -0.39 is 18.1 Å². The Morgan fingerprint density at radius 1 is 0.433 bits per heavy atom. The Morgan fingerprint density at radius 2 is 0.746 bits per heavy atom. The molecule has 0 aliphatic carbocycles. The Labute approximate surface area is 415 Å². The lowest BCUT2D eigenvalue weighted by molar-refractivity contribution is -0.889. The SMILES string of the molecule is CCCCCCCCCCCC/C=C/CCCCCCCCCC(=O)OCC(COCCC(C(=O)[O-])[N+](C)(C)C)OC(=O)CCCCCCCCC/C=C/CCCCCCCCCCCCC. The molecule has 0 radical (unpaired) electrons. The summed E-state index contributed by atoms with van der Waals surface area (Å²) in [4.78, 5) is 37.1. The lowest BCUT2D eigenvalue weighted by Gasteiger charge is -2.34. The van der Waals surface area contributed by atoms with Crippen molar-refractivity contribution in [3.8, 4) is 0 Å². The van der Waals surface area contributed by atoms with Crippen LogP contribution in [0.25, 0.3) is 0 Å². The zero-order chi connectivity index (χ0) is 49.2. The second-order valence-corrected chi connectivity index (χ2v) is 20.9. The first-order chi connectivity index (χ1) is 32.6. The molecule has 67 heavy (non-hydrogen) atoms. The minimum Gasteiger partial charge on any atom is -0.544 e. The number of allylic oxidation sites excluding steroid dienone is 4. The summed E-state index contributed by atoms with van der Waals surface area (Å²) in [6.45, 7) is 4.71. The molecule has 0 aliphatic heterocycles. The maximum absolute atomic E-state index is 12.8. The fourth-order valence-electron chi connectivity index (χ4n) is 8.83. The van der Waals surface area contributed by atoms with Gasteiger partial charge in [0.05, 0.1) is 40.3 Å². The van der Waals surface area contributed by atoms with Gasteiger partial charge in [0.2, 0.25) is 0 Å². The van der Waals surface area contributed by atoms with Crippen molar-refractivity contribution in [1.29, 1.82) is 0 Å². The van der Waals surface area contributed by atoms with E-state index in [4.69, 9.17) is 14.2 Å². The summed E-state index contributed by atoms with van der Waals surface area (Å²) >= 11 is 0. The molecule has 0 fully saturated rings. The molecule has 0 aromatic rings. The molecule has 2 atom stereocenters. The zero-order valence-electron chi connectivity index (χ0n) is 45.1. The summed E-state index contributed by atoms with van der Waals surface area (Å²) in [6, 6.07) is -0.726. The predicted molar refractivity (Wildman–Crippen MR) is 282 cm³/mol. The first-order valence-electron chi connectivity index (χ1n) is 28.9. The van der Waals surface area contributed by atoms with E-state index in [0.717, 1.165) is 38.5 Å². The van der Waals surface area contributed by atoms with E-state index in [0.29, 0.717) is 12.8 Å². The van der Waals surface area contributed by atoms with Crippen LogP contribution in [0.5, 0.6) is 0 Å². The fraction of sp³-hybridized carbons (Fsp3) is 0.881. The molecule has 0 rings (SSSR count). The van der Waals surface area contributed by atoms with Gasteiger partial charge in [0.1, 0.15) is 12.6 Å². The molecule has 8 nitrogen and oxygen atoms in total. The van der Waals surface area contributed by atoms with E-state index in [1.165, 1.54) is 212 Å². The molecule has 0 heterocycles. The van der Waals surface area contributed by atoms with Gasteiger partial charge in [0.25, 0.3) is 0 Å². The Bertz CT molecular complexity index is 1150. The number of nitrogens with zero attached hydrogens (tertiary/aromatic N) is 1. The Morgan fingerprint density at radius 3 is 1.07 bits per heavy atom. The summed E-state index contributed by atoms with van der Waals surface area (Å²) in [5, 5.41) is 11.7. The minimum absolute atomic E-state index is 0.0413. The second kappa shape index (κ2) is 50.2. The third kappa shape index (κ3) is 48.6. The molecule has 0 saturated carbocycles. The van der Waals surface area contributed by atoms with Gasteiger partial charge in [-0.15, -0.1) is 0 Å². The normalized spacial score (nSPS) is 12.9. The van der Waals surface area contributed by atoms with Crippen LogP contribution in [0.15, 0.2) is 24.3 Å². The standard InChI is InChI=1S/C59H111NO7/c1-6-8-10-12-14-16-18-20-22-24-26-28-30-32-34-36-38-40-42-44-46-48-50-58(62)67-55(53-65-52-51-56(59(63)64)60(3,4)5)54-66-57(61)49-47-45-43-41-39-37-35-33-31-29-27-25-23-21-19-17-15-13-11-9-7-2/h29-32,55-56H,6-28,33-54H2,1-5H3/b31-29+,32-30+. The van der Waals surface area contributed by atoms with E-state index in [1.807, 2.05) is 21.1 Å². The van der Waals surface area contributed by atoms with Crippen LogP contribution in [0.3, 0.4) is 0 Å². The number of hydrogen-bond acceptors (Lipinski definition) is 7. The van der Waals surface area contributed by atoms with Gasteiger partial charge >= 0.3 is 11.9 Å². The van der Waals surface area contributed by atoms with Gasteiger partial charge in [-0.1, -0.05) is 224 Å². The monoisotopic (exact) mass is 946 g/mol. The molecule has 0 aliphatic rings. The van der Waals surface area contributed by atoms with Gasteiger partial charge in [0.15, 0.2) is 6.10 Å². The summed E-state index contributed by atoms with van der Waals surface area (Å²) in [6.07, 6.45) is 59.3. The number of hydrogen-bond donors (Lipinski definition) is 0. The molecule has 394 valence electrons. The van der Waals surface area contributed by atoms with Crippen molar-refractivity contribution in [2.45, 2.75) is 296 Å². The number of ether oxygens (including phenoxy) is 3. The highest BCUT2D eigenvalue weighted by molar-refractivity contribution is 5.70. The topological polar surface area (TPSA) is 102 Å². The number of unbranched alkanes of at least 4 members (excludes halogenated alkanes) is 35. The number of rotatable bonds is 53. The lowest BCUT2D eigenvalue weighted by atomic mass is 10.0. The van der Waals surface area contributed by atoms with Crippen molar-refractivity contribution in [3.05, 3.63) is 24.3 Å². The van der Waals surface area contributed by atoms with Gasteiger partial charge in [-0.25, -0.2) is 0 Å². The first-order valence-corrected chi connectivity index (χ1v) is 28.9. The average molecular weight is 947 g/mol. The average Bonchev–Trinajstić information content (AvgIpc) is 3.29. The molecule has 8 heteroatoms. The third-order valence-corrected chi connectivity index (χ3v) is 13.3. The van der Waals surface area contributed by atoms with Crippen LogP contribution >= 0.6 is 0 Å². The summed E-state index contributed by atoms with van der Waals surface area (Å²) in [7, 11) is 5.43. The van der Waals surface area contributed by atoms with Crippen molar-refractivity contribution >= 4 is 17.9 Å². The Kier molecular flexibility index (Phi) is 48.6. The molecular formula is C59H111NO7. The van der Waals surface area contributed by atoms with Gasteiger partial charge in [0, 0.05) is 19.3 Å². The van der Waals surface area contributed by atoms with Crippen molar-refractivity contribution < 1.29 is 38.2 Å². The largest absolute Gasteiger partial charge is 0.544 e. The highest BCUT2D eigenvalue weighted by Gasteiger charge is 2.25. The second-order valence-electron chi connectivity index (χ2n) is 20.9. The van der Waals surface area contributed by atoms with E-state index in [9.17, 15) is 19.5 Å². The minimum atomic E-state index is -1.12. The fourth-order valence-corrected chi connectivity index (χ4v) is 8.83. The van der Waals surface area contributed by atoms with Crippen molar-refractivity contribution in [2.24, 2.45) is 0 Å². The lowest BCUT2D eigenvalue weighted by Crippen LogP contribution is -2.55. The number of carbonyl (C=O) groups is 3. The van der Waals surface area contributed by atoms with Crippen LogP contribution < -0.4 is 5.11 Å². The maximum atomic E-state index is 12.8. The van der Waals surface area contributed by atoms with Crippen molar-refractivity contribution in [3.63, 3.8) is 0 Å². The quantitative estimate of drug-likeness (QED) is 0.0259. The van der Waals surface area contributed by atoms with Gasteiger partial charge in [-0.05, 0) is 64.2 Å². The molecule has 0 spiro atoms. The van der Waals surface area contributed by atoms with Crippen LogP contribution in [0, 0.1) is 0 Å². The van der Waals surface area contributed by atoms with Gasteiger partial charge in [-0.2, -0.15) is 0 Å². The Balaban J connectivity index is 4.17. The highest BCUT2D eigenvalue weighted by atomic mass is 16.6. The van der Waals surface area contributed by atoms with E-state index in [2.05, 4.69) is 38.2 Å². The molecular weight excluding hydrogens is 835 g/mol. The van der Waals surface area contributed by atoms with E-state index >= 15 is 0 Å². The van der Waals surface area contributed by atoms with Crippen LogP contribution in [0.1, 0.15) is 284 Å². The third-order valence-electron chi connectivity index (χ3n) is 13.3.